The Hall–Kier alpha value is -2.51. The van der Waals surface area contributed by atoms with Gasteiger partial charge in [0.05, 0.1) is 0 Å². The molecule has 2 rings (SSSR count). The zero-order valence-corrected chi connectivity index (χ0v) is 13.1. The van der Waals surface area contributed by atoms with Crippen LogP contribution < -0.4 is 5.32 Å². The molecule has 2 heterocycles. The van der Waals surface area contributed by atoms with Crippen LogP contribution in [0.1, 0.15) is 45.1 Å². The van der Waals surface area contributed by atoms with Crippen molar-refractivity contribution in [1.29, 1.82) is 0 Å². The summed E-state index contributed by atoms with van der Waals surface area (Å²) >= 11 is 0. The molecule has 0 bridgehead atoms. The number of alkyl halides is 2. The number of amides is 1. The fourth-order valence-electron chi connectivity index (χ4n) is 2.57. The summed E-state index contributed by atoms with van der Waals surface area (Å²) in [4.78, 5) is 26.6. The van der Waals surface area contributed by atoms with Crippen molar-refractivity contribution < 1.29 is 18.4 Å². The third kappa shape index (κ3) is 3.46. The van der Waals surface area contributed by atoms with E-state index in [1.807, 2.05) is 0 Å². The highest BCUT2D eigenvalue weighted by Gasteiger charge is 2.25. The number of hydrogen-bond donors (Lipinski definition) is 2. The second kappa shape index (κ2) is 6.72. The lowest BCUT2D eigenvalue weighted by molar-refractivity contribution is 0.0713. The van der Waals surface area contributed by atoms with Gasteiger partial charge in [0.25, 0.3) is 12.3 Å². The Morgan fingerprint density at radius 2 is 2.09 bits per heavy atom. The van der Waals surface area contributed by atoms with E-state index in [4.69, 9.17) is 0 Å². The molecule has 0 fully saturated rings. The Kier molecular flexibility index (Phi) is 4.92. The number of rotatable bonds is 6. The molecule has 2 aromatic heterocycles. The summed E-state index contributed by atoms with van der Waals surface area (Å²) in [6.07, 6.45) is 0.143. The quantitative estimate of drug-likeness (QED) is 0.800. The normalized spacial score (nSPS) is 12.4. The molecule has 0 aliphatic rings. The van der Waals surface area contributed by atoms with E-state index in [9.17, 15) is 18.4 Å². The van der Waals surface area contributed by atoms with E-state index in [0.717, 1.165) is 4.68 Å². The average Bonchev–Trinajstić information content (AvgIpc) is 3.06. The van der Waals surface area contributed by atoms with Crippen LogP contribution in [0.25, 0.3) is 0 Å². The number of ketones is 1. The third-order valence-corrected chi connectivity index (χ3v) is 3.64. The number of halogens is 2. The van der Waals surface area contributed by atoms with Gasteiger partial charge in [-0.2, -0.15) is 5.10 Å². The van der Waals surface area contributed by atoms with E-state index in [1.54, 1.807) is 13.8 Å². The third-order valence-electron chi connectivity index (χ3n) is 3.64. The maximum Gasteiger partial charge on any atom is 0.268 e. The largest absolute Gasteiger partial charge is 0.354 e. The molecular weight excluding hydrogens is 306 g/mol. The van der Waals surface area contributed by atoms with Crippen LogP contribution in [0.2, 0.25) is 0 Å². The van der Waals surface area contributed by atoms with Gasteiger partial charge in [0.2, 0.25) is 0 Å². The molecule has 23 heavy (non-hydrogen) atoms. The summed E-state index contributed by atoms with van der Waals surface area (Å²) in [6, 6.07) is 0.284. The van der Waals surface area contributed by atoms with Crippen molar-refractivity contribution in [2.75, 3.05) is 6.54 Å². The van der Waals surface area contributed by atoms with Gasteiger partial charge in [-0.05, 0) is 32.4 Å². The van der Waals surface area contributed by atoms with Crippen LogP contribution in [0.4, 0.5) is 8.78 Å². The summed E-state index contributed by atoms with van der Waals surface area (Å²) in [5.74, 6) is -0.687. The van der Waals surface area contributed by atoms with Gasteiger partial charge in [-0.25, -0.2) is 8.78 Å². The van der Waals surface area contributed by atoms with Gasteiger partial charge in [-0.3, -0.25) is 14.3 Å². The van der Waals surface area contributed by atoms with Crippen molar-refractivity contribution in [3.05, 3.63) is 41.0 Å². The van der Waals surface area contributed by atoms with Crippen molar-refractivity contribution >= 4 is 11.7 Å². The number of hydrogen-bond acceptors (Lipinski definition) is 3. The number of nitrogens with one attached hydrogen (secondary N) is 2. The second-order valence-corrected chi connectivity index (χ2v) is 5.28. The van der Waals surface area contributed by atoms with E-state index >= 15 is 0 Å². The van der Waals surface area contributed by atoms with Crippen LogP contribution in [-0.2, 0) is 0 Å². The molecule has 0 aliphatic carbocycles. The Morgan fingerprint density at radius 3 is 2.57 bits per heavy atom. The summed E-state index contributed by atoms with van der Waals surface area (Å²) in [5, 5.41) is 6.25. The lowest BCUT2D eigenvalue weighted by Crippen LogP contribution is -2.34. The van der Waals surface area contributed by atoms with Crippen LogP contribution in [0, 0.1) is 13.8 Å². The predicted molar refractivity (Wildman–Crippen MR) is 79.9 cm³/mol. The highest BCUT2D eigenvalue weighted by Crippen LogP contribution is 2.19. The van der Waals surface area contributed by atoms with Gasteiger partial charge in [0, 0.05) is 30.2 Å². The van der Waals surface area contributed by atoms with Crippen LogP contribution in [-0.4, -0.2) is 39.4 Å². The van der Waals surface area contributed by atoms with Gasteiger partial charge in [-0.1, -0.05) is 0 Å². The minimum atomic E-state index is -2.67. The predicted octanol–water partition coefficient (Wildman–Crippen LogP) is 2.27. The standard InChI is InChI=1S/C15H18F2N4O2/c1-8-12(10(3)22)9(2)20-13(8)15(23)18-7-11(14(16)17)21-6-4-5-19-21/h4-6,11,14,20H,7H2,1-3H3,(H,18,23). The number of aromatic nitrogens is 3. The Morgan fingerprint density at radius 1 is 1.39 bits per heavy atom. The van der Waals surface area contributed by atoms with Crippen molar-refractivity contribution in [2.45, 2.75) is 33.2 Å². The highest BCUT2D eigenvalue weighted by atomic mass is 19.3. The lowest BCUT2D eigenvalue weighted by Gasteiger charge is -2.17. The molecule has 2 N–H and O–H groups in total. The SMILES string of the molecule is CC(=O)c1c(C)[nH]c(C(=O)NCC(C(F)F)n2cccn2)c1C. The molecule has 0 radical (unpaired) electrons. The zero-order chi connectivity index (χ0) is 17.1. The number of carbonyl (C=O) groups excluding carboxylic acids is 2. The van der Waals surface area contributed by atoms with Gasteiger partial charge in [0.15, 0.2) is 5.78 Å². The number of Topliss-reactive ketones (excluding diaryl/α,β-unsaturated/α-hetero) is 1. The van der Waals surface area contributed by atoms with Crippen LogP contribution in [0.3, 0.4) is 0 Å². The lowest BCUT2D eigenvalue weighted by atomic mass is 10.1. The van der Waals surface area contributed by atoms with Crippen LogP contribution in [0.15, 0.2) is 18.5 Å². The molecule has 6 nitrogen and oxygen atoms in total. The zero-order valence-electron chi connectivity index (χ0n) is 13.1. The van der Waals surface area contributed by atoms with E-state index < -0.39 is 18.4 Å². The first-order valence-electron chi connectivity index (χ1n) is 7.08. The van der Waals surface area contributed by atoms with Crippen molar-refractivity contribution in [3.63, 3.8) is 0 Å². The summed E-state index contributed by atoms with van der Waals surface area (Å²) in [7, 11) is 0. The molecule has 8 heteroatoms. The Bertz CT molecular complexity index is 707. The maximum absolute atomic E-state index is 13.1. The molecule has 0 saturated heterocycles. The molecular formula is C15H18F2N4O2. The highest BCUT2D eigenvalue weighted by molar-refractivity contribution is 6.02. The van der Waals surface area contributed by atoms with E-state index in [2.05, 4.69) is 15.4 Å². The van der Waals surface area contributed by atoms with E-state index in [0.29, 0.717) is 16.8 Å². The van der Waals surface area contributed by atoms with Crippen molar-refractivity contribution in [3.8, 4) is 0 Å². The molecule has 1 amide bonds. The van der Waals surface area contributed by atoms with Gasteiger partial charge in [-0.15, -0.1) is 0 Å². The molecule has 0 aromatic carbocycles. The Labute approximate surface area is 131 Å². The molecule has 1 atom stereocenters. The van der Waals surface area contributed by atoms with E-state index in [-0.39, 0.29) is 18.0 Å². The summed E-state index contributed by atoms with van der Waals surface area (Å²) < 4.78 is 27.3. The minimum absolute atomic E-state index is 0.155. The number of aromatic amines is 1. The second-order valence-electron chi connectivity index (χ2n) is 5.28. The van der Waals surface area contributed by atoms with E-state index in [1.165, 1.54) is 25.4 Å². The van der Waals surface area contributed by atoms with Crippen LogP contribution in [0.5, 0.6) is 0 Å². The molecule has 0 spiro atoms. The number of carbonyl (C=O) groups is 2. The summed E-state index contributed by atoms with van der Waals surface area (Å²) in [6.45, 7) is 4.47. The number of aryl methyl sites for hydroxylation is 1. The average molecular weight is 324 g/mol. The number of H-pyrrole nitrogens is 1. The van der Waals surface area contributed by atoms with Crippen molar-refractivity contribution in [1.82, 2.24) is 20.1 Å². The Balaban J connectivity index is 2.13. The topological polar surface area (TPSA) is 79.8 Å². The fraction of sp³-hybridized carbons (Fsp3) is 0.400. The molecule has 0 saturated carbocycles. The first kappa shape index (κ1) is 16.9. The fourth-order valence-corrected chi connectivity index (χ4v) is 2.57. The minimum Gasteiger partial charge on any atom is -0.354 e. The first-order valence-corrected chi connectivity index (χ1v) is 7.08. The summed E-state index contributed by atoms with van der Waals surface area (Å²) in [5.41, 5.74) is 1.76. The van der Waals surface area contributed by atoms with Crippen molar-refractivity contribution in [2.24, 2.45) is 0 Å². The van der Waals surface area contributed by atoms with Gasteiger partial charge >= 0.3 is 0 Å². The molecule has 0 aliphatic heterocycles. The maximum atomic E-state index is 13.1. The first-order chi connectivity index (χ1) is 10.8. The van der Waals surface area contributed by atoms with Gasteiger partial charge < -0.3 is 10.3 Å². The smallest absolute Gasteiger partial charge is 0.268 e. The molecule has 1 unspecified atom stereocenters. The molecule has 124 valence electrons. The van der Waals surface area contributed by atoms with Gasteiger partial charge in [0.1, 0.15) is 11.7 Å². The number of nitrogens with zero attached hydrogens (tertiary/aromatic N) is 2. The van der Waals surface area contributed by atoms with Crippen LogP contribution >= 0.6 is 0 Å². The molecule has 2 aromatic rings. The monoisotopic (exact) mass is 324 g/mol.